The first kappa shape index (κ1) is 11.7. The van der Waals surface area contributed by atoms with Gasteiger partial charge >= 0.3 is 104 Å². The van der Waals surface area contributed by atoms with E-state index in [2.05, 4.69) is 15.9 Å². The van der Waals surface area contributed by atoms with Crippen LogP contribution in [0, 0.1) is 3.57 Å². The molecule has 0 fully saturated rings. The fourth-order valence-electron chi connectivity index (χ4n) is 1.93. The summed E-state index contributed by atoms with van der Waals surface area (Å²) in [6, 6.07) is 3.00. The van der Waals surface area contributed by atoms with Crippen LogP contribution in [0.25, 0.3) is 0 Å². The number of benzene rings is 1. The third-order valence-electron chi connectivity index (χ3n) is 2.60. The first-order chi connectivity index (χ1) is 7.11. The number of hydrogen-bond donors (Lipinski definition) is 0. The van der Waals surface area contributed by atoms with Gasteiger partial charge in [0, 0.05) is 0 Å². The Morgan fingerprint density at radius 3 is 2.73 bits per heavy atom. The average Bonchev–Trinajstić information content (AvgIpc) is 2.19. The van der Waals surface area contributed by atoms with Crippen molar-refractivity contribution in [2.75, 3.05) is 0 Å². The van der Waals surface area contributed by atoms with Gasteiger partial charge in [0.15, 0.2) is 0 Å². The summed E-state index contributed by atoms with van der Waals surface area (Å²) in [7, 11) is 0. The van der Waals surface area contributed by atoms with E-state index in [-0.39, 0.29) is 9.13 Å². The summed E-state index contributed by atoms with van der Waals surface area (Å²) < 4.78 is 40.1. The van der Waals surface area contributed by atoms with Crippen molar-refractivity contribution in [3.05, 3.63) is 31.3 Å². The van der Waals surface area contributed by atoms with Crippen molar-refractivity contribution < 1.29 is 10.1 Å². The van der Waals surface area contributed by atoms with Crippen molar-refractivity contribution in [2.45, 2.75) is 25.4 Å². The number of hydrogen-bond acceptors (Lipinski definition) is 0. The molecule has 0 saturated heterocycles. The molecule has 0 N–H and O–H groups in total. The molecule has 0 radical (unpaired) electrons. The maximum atomic E-state index is 13.6. The third-order valence-corrected chi connectivity index (χ3v) is 5.16. The Morgan fingerprint density at radius 2 is 2.07 bits per heavy atom. The molecule has 0 heterocycles. The van der Waals surface area contributed by atoms with Crippen molar-refractivity contribution in [3.63, 3.8) is 0 Å². The summed E-state index contributed by atoms with van der Waals surface area (Å²) in [6.07, 6.45) is 0.616. The molecule has 0 spiro atoms. The Bertz CT molecular complexity index is 381. The van der Waals surface area contributed by atoms with Gasteiger partial charge in [-0.1, -0.05) is 0 Å². The Kier molecular flexibility index (Phi) is 3.59. The zero-order chi connectivity index (χ0) is 11.0. The second-order valence-corrected chi connectivity index (χ2v) is 6.62. The standard InChI is InChI=1S/C10H9BrF3I/c11-7-4-5-9(15(13)14)10-6(7)2-1-3-8(10)12/h4-5,8H,1-3H2/t8-/m0/s1. The van der Waals surface area contributed by atoms with Gasteiger partial charge in [0.1, 0.15) is 0 Å². The van der Waals surface area contributed by atoms with Crippen LogP contribution in [-0.2, 0) is 6.42 Å². The van der Waals surface area contributed by atoms with Gasteiger partial charge in [-0.15, -0.1) is 0 Å². The number of alkyl halides is 1. The monoisotopic (exact) mass is 392 g/mol. The molecule has 1 atom stereocenters. The molecule has 0 unspecified atom stereocenters. The topological polar surface area (TPSA) is 0 Å². The van der Waals surface area contributed by atoms with Crippen molar-refractivity contribution in [2.24, 2.45) is 0 Å². The summed E-state index contributed by atoms with van der Waals surface area (Å²) in [5.74, 6) is 0. The predicted molar refractivity (Wildman–Crippen MR) is 65.9 cm³/mol. The van der Waals surface area contributed by atoms with Gasteiger partial charge < -0.3 is 0 Å². The van der Waals surface area contributed by atoms with Crippen LogP contribution < -0.4 is 0 Å². The fraction of sp³-hybridized carbons (Fsp3) is 0.400. The molecule has 1 aliphatic carbocycles. The Morgan fingerprint density at radius 1 is 1.33 bits per heavy atom. The van der Waals surface area contributed by atoms with Crippen molar-refractivity contribution >= 4 is 36.9 Å². The molecule has 0 amide bonds. The first-order valence-corrected chi connectivity index (χ1v) is 8.10. The molecule has 0 bridgehead atoms. The molecule has 0 nitrogen and oxygen atoms in total. The molecule has 1 aromatic rings. The predicted octanol–water partition coefficient (Wildman–Crippen LogP) is 5.24. The molecule has 2 rings (SSSR count). The first-order valence-electron chi connectivity index (χ1n) is 4.59. The van der Waals surface area contributed by atoms with Crippen LogP contribution in [0.15, 0.2) is 16.6 Å². The van der Waals surface area contributed by atoms with Crippen molar-refractivity contribution in [1.29, 1.82) is 0 Å². The minimum atomic E-state index is -4.08. The van der Waals surface area contributed by atoms with Crippen LogP contribution >= 0.6 is 36.9 Å². The summed E-state index contributed by atoms with van der Waals surface area (Å²) >= 11 is -0.784. The molecule has 0 aromatic heterocycles. The molecule has 15 heavy (non-hydrogen) atoms. The number of halogens is 5. The van der Waals surface area contributed by atoms with Gasteiger partial charge in [0.05, 0.1) is 0 Å². The van der Waals surface area contributed by atoms with Gasteiger partial charge in [-0.2, -0.15) is 0 Å². The number of fused-ring (bicyclic) bond motifs is 1. The van der Waals surface area contributed by atoms with E-state index in [1.54, 1.807) is 6.07 Å². The summed E-state index contributed by atoms with van der Waals surface area (Å²) in [5.41, 5.74) is 1.04. The summed E-state index contributed by atoms with van der Waals surface area (Å²) in [6.45, 7) is 0. The van der Waals surface area contributed by atoms with Gasteiger partial charge in [0.2, 0.25) is 0 Å². The zero-order valence-electron chi connectivity index (χ0n) is 7.74. The van der Waals surface area contributed by atoms with Crippen LogP contribution in [0.2, 0.25) is 0 Å². The fourth-order valence-corrected chi connectivity index (χ4v) is 4.03. The van der Waals surface area contributed by atoms with Crippen LogP contribution in [0.4, 0.5) is 10.1 Å². The molecular formula is C10H9BrF3I. The molecule has 0 saturated carbocycles. The summed E-state index contributed by atoms with van der Waals surface area (Å²) in [4.78, 5) is 0. The molecular weight excluding hydrogens is 384 g/mol. The van der Waals surface area contributed by atoms with Crippen molar-refractivity contribution in [1.82, 2.24) is 0 Å². The average molecular weight is 393 g/mol. The maximum absolute atomic E-state index is 13.6. The van der Waals surface area contributed by atoms with E-state index in [1.165, 1.54) is 6.07 Å². The van der Waals surface area contributed by atoms with E-state index in [9.17, 15) is 10.1 Å². The molecule has 1 aromatic carbocycles. The van der Waals surface area contributed by atoms with E-state index in [0.29, 0.717) is 12.8 Å². The van der Waals surface area contributed by atoms with E-state index in [1.807, 2.05) is 0 Å². The van der Waals surface area contributed by atoms with E-state index < -0.39 is 27.1 Å². The molecule has 1 aliphatic rings. The second kappa shape index (κ2) is 4.61. The van der Waals surface area contributed by atoms with Gasteiger partial charge in [-0.3, -0.25) is 0 Å². The molecule has 0 aliphatic heterocycles. The Hall–Kier alpha value is 0.220. The second-order valence-electron chi connectivity index (χ2n) is 3.48. The Balaban J connectivity index is 2.60. The van der Waals surface area contributed by atoms with Crippen LogP contribution in [-0.4, -0.2) is 0 Å². The van der Waals surface area contributed by atoms with Gasteiger partial charge in [-0.25, -0.2) is 0 Å². The van der Waals surface area contributed by atoms with E-state index in [0.717, 1.165) is 16.5 Å². The Labute approximate surface area is 103 Å². The SMILES string of the molecule is F[C@H]1CCCc2c(Br)ccc(I(F)F)c21. The quantitative estimate of drug-likeness (QED) is 0.573. The third kappa shape index (κ3) is 2.18. The summed E-state index contributed by atoms with van der Waals surface area (Å²) in [5, 5.41) is 0. The molecule has 84 valence electrons. The van der Waals surface area contributed by atoms with Gasteiger partial charge in [-0.05, 0) is 0 Å². The number of rotatable bonds is 1. The minimum absolute atomic E-state index is 0.00426. The molecule has 5 heteroatoms. The normalized spacial score (nSPS) is 21.1. The van der Waals surface area contributed by atoms with Crippen molar-refractivity contribution in [3.8, 4) is 0 Å². The van der Waals surface area contributed by atoms with E-state index in [4.69, 9.17) is 0 Å². The van der Waals surface area contributed by atoms with Crippen LogP contribution in [0.1, 0.15) is 30.1 Å². The van der Waals surface area contributed by atoms with Crippen LogP contribution in [0.3, 0.4) is 0 Å². The van der Waals surface area contributed by atoms with Crippen LogP contribution in [0.5, 0.6) is 0 Å². The zero-order valence-corrected chi connectivity index (χ0v) is 11.5. The van der Waals surface area contributed by atoms with E-state index >= 15 is 0 Å². The van der Waals surface area contributed by atoms with Gasteiger partial charge in [0.25, 0.3) is 0 Å².